The Morgan fingerprint density at radius 3 is 1.00 bits per heavy atom. The molecule has 0 N–H and O–H groups in total. The molecule has 0 fully saturated rings. The van der Waals surface area contributed by atoms with E-state index in [1.807, 2.05) is 72.8 Å². The number of hydrogen-bond acceptors (Lipinski definition) is 6. The smallest absolute Gasteiger partial charge is 0.343 e. The molecule has 0 unspecified atom stereocenters. The summed E-state index contributed by atoms with van der Waals surface area (Å²) in [6.07, 6.45) is 0. The van der Waals surface area contributed by atoms with E-state index in [2.05, 4.69) is 57.7 Å². The molecule has 2 aromatic heterocycles. The Labute approximate surface area is 342 Å². The normalized spacial score (nSPS) is 12.2. The number of nitrogens with zero attached hydrogens (tertiary/aromatic N) is 2. The number of benzene rings is 8. The molecule has 0 saturated carbocycles. The fourth-order valence-electron chi connectivity index (χ4n) is 8.46. The first-order valence-corrected chi connectivity index (χ1v) is 19.4. The van der Waals surface area contributed by atoms with Crippen LogP contribution in [0.2, 0.25) is 0 Å². The van der Waals surface area contributed by atoms with Crippen LogP contribution in [0.25, 0.3) is 55.0 Å². The molecule has 60 heavy (non-hydrogen) atoms. The van der Waals surface area contributed by atoms with Crippen molar-refractivity contribution in [2.75, 3.05) is 0 Å². The summed E-state index contributed by atoms with van der Waals surface area (Å²) in [5.74, 6) is -1.77. The number of ether oxygens (including phenoxy) is 2. The van der Waals surface area contributed by atoms with Gasteiger partial charge in [-0.3, -0.25) is 9.59 Å². The first-order chi connectivity index (χ1) is 29.4. The zero-order valence-electron chi connectivity index (χ0n) is 31.7. The van der Waals surface area contributed by atoms with Crippen molar-refractivity contribution in [3.63, 3.8) is 0 Å². The maximum Gasteiger partial charge on any atom is 0.343 e. The molecule has 10 aromatic rings. The molecule has 8 heteroatoms. The lowest BCUT2D eigenvalue weighted by molar-refractivity contribution is 0.0724. The molecular weight excluding hydrogens is 749 g/mol. The van der Waals surface area contributed by atoms with Crippen molar-refractivity contribution in [3.05, 3.63) is 215 Å². The van der Waals surface area contributed by atoms with Crippen LogP contribution in [-0.2, 0) is 0 Å². The van der Waals surface area contributed by atoms with E-state index in [-0.39, 0.29) is 33.8 Å². The molecule has 11 rings (SSSR count). The summed E-state index contributed by atoms with van der Waals surface area (Å²) in [5.41, 5.74) is 7.21. The fourth-order valence-corrected chi connectivity index (χ4v) is 8.46. The zero-order chi connectivity index (χ0) is 40.5. The molecule has 1 aliphatic rings. The summed E-state index contributed by atoms with van der Waals surface area (Å²) < 4.78 is 15.7. The van der Waals surface area contributed by atoms with Crippen molar-refractivity contribution in [1.82, 2.24) is 9.13 Å². The molecule has 2 heterocycles. The summed E-state index contributed by atoms with van der Waals surface area (Å²) in [6, 6.07) is 55.8. The first kappa shape index (κ1) is 34.9. The van der Waals surface area contributed by atoms with E-state index < -0.39 is 23.5 Å². The quantitative estimate of drug-likeness (QED) is 0.123. The van der Waals surface area contributed by atoms with Gasteiger partial charge in [-0.15, -0.1) is 0 Å². The molecule has 0 atom stereocenters. The zero-order valence-corrected chi connectivity index (χ0v) is 31.7. The lowest BCUT2D eigenvalue weighted by Gasteiger charge is -2.19. The maximum atomic E-state index is 13.7. The van der Waals surface area contributed by atoms with E-state index in [1.165, 1.54) is 36.4 Å². The third kappa shape index (κ3) is 5.54. The van der Waals surface area contributed by atoms with E-state index >= 15 is 0 Å². The summed E-state index contributed by atoms with van der Waals surface area (Å²) in [7, 11) is 0. The van der Waals surface area contributed by atoms with Crippen LogP contribution >= 0.6 is 0 Å². The highest BCUT2D eigenvalue weighted by atomic mass is 16.5. The Morgan fingerprint density at radius 2 is 0.667 bits per heavy atom. The number of carbonyl (C=O) groups is 4. The van der Waals surface area contributed by atoms with Gasteiger partial charge in [0.15, 0.2) is 11.6 Å². The third-order valence-electron chi connectivity index (χ3n) is 11.3. The molecule has 0 spiro atoms. The Morgan fingerprint density at radius 1 is 0.350 bits per heavy atom. The van der Waals surface area contributed by atoms with E-state index in [9.17, 15) is 19.2 Å². The second-order valence-corrected chi connectivity index (χ2v) is 14.7. The van der Waals surface area contributed by atoms with Gasteiger partial charge >= 0.3 is 11.9 Å². The van der Waals surface area contributed by atoms with Gasteiger partial charge in [0.2, 0.25) is 0 Å². The lowest BCUT2D eigenvalue weighted by atomic mass is 9.84. The number of para-hydroxylation sites is 4. The highest BCUT2D eigenvalue weighted by Gasteiger charge is 2.31. The van der Waals surface area contributed by atoms with Crippen molar-refractivity contribution < 1.29 is 28.7 Å². The third-order valence-corrected chi connectivity index (χ3v) is 11.3. The average Bonchev–Trinajstić information content (AvgIpc) is 3.81. The highest BCUT2D eigenvalue weighted by molar-refractivity contribution is 6.28. The number of fused-ring (bicyclic) bond motifs is 8. The van der Waals surface area contributed by atoms with Crippen LogP contribution in [0, 0.1) is 0 Å². The van der Waals surface area contributed by atoms with Crippen molar-refractivity contribution in [2.45, 2.75) is 0 Å². The van der Waals surface area contributed by atoms with Gasteiger partial charge in [0, 0.05) is 55.2 Å². The molecule has 0 radical (unpaired) electrons. The molecule has 0 aliphatic heterocycles. The highest BCUT2D eigenvalue weighted by Crippen LogP contribution is 2.35. The minimum atomic E-state index is -0.605. The van der Waals surface area contributed by atoms with Crippen molar-refractivity contribution in [3.8, 4) is 22.9 Å². The van der Waals surface area contributed by atoms with Crippen molar-refractivity contribution in [1.29, 1.82) is 0 Å². The van der Waals surface area contributed by atoms with Crippen LogP contribution in [0.15, 0.2) is 182 Å². The number of rotatable bonds is 6. The van der Waals surface area contributed by atoms with E-state index in [4.69, 9.17) is 9.47 Å². The second kappa shape index (κ2) is 13.6. The number of aromatic nitrogens is 2. The van der Waals surface area contributed by atoms with Crippen LogP contribution in [0.1, 0.15) is 52.6 Å². The predicted octanol–water partition coefficient (Wildman–Crippen LogP) is 11.1. The number of carbonyl (C=O) groups excluding carboxylic acids is 4. The predicted molar refractivity (Wildman–Crippen MR) is 231 cm³/mol. The molecule has 0 bridgehead atoms. The Hall–Kier alpha value is -8.36. The molecule has 0 amide bonds. The lowest BCUT2D eigenvalue weighted by Crippen LogP contribution is -2.21. The van der Waals surface area contributed by atoms with Gasteiger partial charge in [-0.1, -0.05) is 72.8 Å². The monoisotopic (exact) mass is 778 g/mol. The van der Waals surface area contributed by atoms with Crippen LogP contribution in [-0.4, -0.2) is 32.6 Å². The van der Waals surface area contributed by atoms with Crippen LogP contribution < -0.4 is 9.47 Å². The topological polar surface area (TPSA) is 96.6 Å². The van der Waals surface area contributed by atoms with E-state index in [0.29, 0.717) is 11.1 Å². The van der Waals surface area contributed by atoms with Gasteiger partial charge in [0.25, 0.3) is 0 Å². The first-order valence-electron chi connectivity index (χ1n) is 19.4. The van der Waals surface area contributed by atoms with Crippen LogP contribution in [0.4, 0.5) is 0 Å². The van der Waals surface area contributed by atoms with E-state index in [1.54, 1.807) is 24.3 Å². The summed E-state index contributed by atoms with van der Waals surface area (Å²) in [5, 5.41) is 4.55. The van der Waals surface area contributed by atoms with Crippen molar-refractivity contribution >= 4 is 67.1 Å². The van der Waals surface area contributed by atoms with Crippen molar-refractivity contribution in [2.24, 2.45) is 0 Å². The minimum Gasteiger partial charge on any atom is -0.423 e. The number of esters is 2. The standard InChI is InChI=1S/C52H30N2O6/c55-49-42-28-26-36(60-52(58)32-19-23-34(24-20-32)54-47-15-7-3-11-39(47)40-12-4-8-16-48(40)54)30-44(42)50(56)41-27-25-35(29-43(41)49)59-51(57)31-17-21-33(22-18-31)53-45-13-5-1-9-37(45)38-10-2-6-14-46(38)53/h1-30H. The average molecular weight is 779 g/mol. The molecule has 284 valence electrons. The SMILES string of the molecule is O=C(Oc1ccc2c(c1)C(=O)c1ccc(OC(=O)c3ccc(-n4c5ccccc5c5ccccc54)cc3)cc1C2=O)c1ccc(-n2c3ccccc3c3ccccc32)cc1. The second-order valence-electron chi connectivity index (χ2n) is 14.7. The number of hydrogen-bond donors (Lipinski definition) is 0. The maximum absolute atomic E-state index is 13.7. The van der Waals surface area contributed by atoms with Gasteiger partial charge in [-0.05, 0) is 109 Å². The van der Waals surface area contributed by atoms with Gasteiger partial charge in [0.05, 0.1) is 33.2 Å². The largest absolute Gasteiger partial charge is 0.423 e. The Kier molecular flexibility index (Phi) is 7.92. The molecule has 8 nitrogen and oxygen atoms in total. The minimum absolute atomic E-state index is 0.118. The Balaban J connectivity index is 0.800. The van der Waals surface area contributed by atoms with Gasteiger partial charge in [-0.25, -0.2) is 9.59 Å². The molecule has 0 saturated heterocycles. The van der Waals surface area contributed by atoms with Gasteiger partial charge in [0.1, 0.15) is 11.5 Å². The fraction of sp³-hybridized carbons (Fsp3) is 0. The molecule has 8 aromatic carbocycles. The van der Waals surface area contributed by atoms with Crippen LogP contribution in [0.5, 0.6) is 11.5 Å². The summed E-state index contributed by atoms with van der Waals surface area (Å²) in [6.45, 7) is 0. The van der Waals surface area contributed by atoms with Crippen LogP contribution in [0.3, 0.4) is 0 Å². The molecule has 1 aliphatic carbocycles. The summed E-state index contributed by atoms with van der Waals surface area (Å²) >= 11 is 0. The Bertz CT molecular complexity index is 3110. The van der Waals surface area contributed by atoms with Gasteiger partial charge < -0.3 is 18.6 Å². The number of ketones is 2. The summed E-state index contributed by atoms with van der Waals surface area (Å²) in [4.78, 5) is 54.1. The van der Waals surface area contributed by atoms with E-state index in [0.717, 1.165) is 55.0 Å². The van der Waals surface area contributed by atoms with Gasteiger partial charge in [-0.2, -0.15) is 0 Å². The molecular formula is C52H30N2O6.